The lowest BCUT2D eigenvalue weighted by Gasteiger charge is -2.20. The average molecular weight is 230 g/mol. The number of amides is 1. The van der Waals surface area contributed by atoms with E-state index in [2.05, 4.69) is 10.6 Å². The van der Waals surface area contributed by atoms with E-state index in [1.54, 1.807) is 0 Å². The summed E-state index contributed by atoms with van der Waals surface area (Å²) in [7, 11) is 0. The van der Waals surface area contributed by atoms with Gasteiger partial charge < -0.3 is 15.4 Å². The quantitative estimate of drug-likeness (QED) is 0.721. The number of carbonyl (C=O) groups excluding carboxylic acids is 1. The van der Waals surface area contributed by atoms with Crippen LogP contribution in [0.1, 0.15) is 12.8 Å². The van der Waals surface area contributed by atoms with Crippen LogP contribution in [0.15, 0.2) is 36.1 Å². The fourth-order valence-corrected chi connectivity index (χ4v) is 2.15. The maximum Gasteiger partial charge on any atom is 0.291 e. The molecule has 2 heterocycles. The van der Waals surface area contributed by atoms with E-state index in [0.29, 0.717) is 11.5 Å². The number of hydrogen-bond acceptors (Lipinski definition) is 3. The van der Waals surface area contributed by atoms with Crippen molar-refractivity contribution < 1.29 is 9.53 Å². The van der Waals surface area contributed by atoms with Gasteiger partial charge in [0.2, 0.25) is 0 Å². The van der Waals surface area contributed by atoms with E-state index in [0.717, 1.165) is 25.1 Å². The van der Waals surface area contributed by atoms with Gasteiger partial charge in [-0.2, -0.15) is 0 Å². The molecule has 0 saturated carbocycles. The normalized spacial score (nSPS) is 25.3. The van der Waals surface area contributed by atoms with Crippen molar-refractivity contribution in [2.75, 3.05) is 11.9 Å². The lowest BCUT2D eigenvalue weighted by molar-refractivity contribution is -0.115. The van der Waals surface area contributed by atoms with E-state index in [4.69, 9.17) is 4.74 Å². The molecular weight excluding hydrogens is 216 g/mol. The molecule has 1 saturated heterocycles. The van der Waals surface area contributed by atoms with Crippen LogP contribution in [0.5, 0.6) is 5.75 Å². The van der Waals surface area contributed by atoms with Gasteiger partial charge >= 0.3 is 0 Å². The first-order chi connectivity index (χ1) is 8.33. The minimum Gasteiger partial charge on any atom is -0.450 e. The van der Waals surface area contributed by atoms with Gasteiger partial charge in [-0.1, -0.05) is 12.1 Å². The highest BCUT2D eigenvalue weighted by Crippen LogP contribution is 2.30. The summed E-state index contributed by atoms with van der Waals surface area (Å²) in [6.07, 6.45) is 4.08. The molecule has 17 heavy (non-hydrogen) atoms. The highest BCUT2D eigenvalue weighted by atomic mass is 16.5. The van der Waals surface area contributed by atoms with Crippen LogP contribution in [0.3, 0.4) is 0 Å². The van der Waals surface area contributed by atoms with Crippen molar-refractivity contribution in [3.05, 3.63) is 36.1 Å². The van der Waals surface area contributed by atoms with E-state index in [-0.39, 0.29) is 11.9 Å². The number of nitrogens with one attached hydrogen (secondary N) is 2. The minimum absolute atomic E-state index is 0.169. The Labute approximate surface area is 99.7 Å². The monoisotopic (exact) mass is 230 g/mol. The van der Waals surface area contributed by atoms with Gasteiger partial charge in [-0.15, -0.1) is 0 Å². The van der Waals surface area contributed by atoms with Gasteiger partial charge in [-0.25, -0.2) is 0 Å². The van der Waals surface area contributed by atoms with Gasteiger partial charge in [0.05, 0.1) is 5.69 Å². The number of para-hydroxylation sites is 2. The highest BCUT2D eigenvalue weighted by molar-refractivity contribution is 6.05. The Bertz CT molecular complexity index is 476. The molecule has 4 nitrogen and oxygen atoms in total. The molecule has 1 aromatic rings. The second kappa shape index (κ2) is 4.22. The fourth-order valence-electron chi connectivity index (χ4n) is 2.15. The third-order valence-corrected chi connectivity index (χ3v) is 3.03. The van der Waals surface area contributed by atoms with Crippen LogP contribution >= 0.6 is 0 Å². The lowest BCUT2D eigenvalue weighted by Crippen LogP contribution is -2.27. The summed E-state index contributed by atoms with van der Waals surface area (Å²) in [5.41, 5.74) is 0.731. The lowest BCUT2D eigenvalue weighted by atomic mass is 10.2. The molecule has 1 atom stereocenters. The van der Waals surface area contributed by atoms with E-state index < -0.39 is 0 Å². The van der Waals surface area contributed by atoms with Gasteiger partial charge in [-0.05, 0) is 37.6 Å². The van der Waals surface area contributed by atoms with Gasteiger partial charge in [0.1, 0.15) is 0 Å². The van der Waals surface area contributed by atoms with E-state index >= 15 is 0 Å². The van der Waals surface area contributed by atoms with Crippen molar-refractivity contribution in [1.82, 2.24) is 5.32 Å². The van der Waals surface area contributed by atoms with Gasteiger partial charge in [0.25, 0.3) is 5.91 Å². The molecular formula is C13H14N2O2. The van der Waals surface area contributed by atoms with Crippen molar-refractivity contribution in [3.8, 4) is 5.75 Å². The van der Waals surface area contributed by atoms with Crippen LogP contribution in [-0.4, -0.2) is 18.5 Å². The first-order valence-corrected chi connectivity index (χ1v) is 5.86. The molecule has 2 aliphatic heterocycles. The van der Waals surface area contributed by atoms with Gasteiger partial charge in [-0.3, -0.25) is 4.79 Å². The number of benzene rings is 1. The topological polar surface area (TPSA) is 50.4 Å². The molecule has 88 valence electrons. The second-order valence-corrected chi connectivity index (χ2v) is 4.29. The van der Waals surface area contributed by atoms with E-state index in [1.165, 1.54) is 0 Å². The first-order valence-electron chi connectivity index (χ1n) is 5.86. The van der Waals surface area contributed by atoms with Crippen LogP contribution in [0.2, 0.25) is 0 Å². The summed E-state index contributed by atoms with van der Waals surface area (Å²) >= 11 is 0. The molecule has 2 N–H and O–H groups in total. The maximum absolute atomic E-state index is 11.8. The highest BCUT2D eigenvalue weighted by Gasteiger charge is 2.23. The van der Waals surface area contributed by atoms with Crippen LogP contribution < -0.4 is 15.4 Å². The Morgan fingerprint density at radius 2 is 2.24 bits per heavy atom. The molecule has 0 spiro atoms. The molecule has 0 radical (unpaired) electrons. The molecule has 0 aromatic heterocycles. The summed E-state index contributed by atoms with van der Waals surface area (Å²) in [6, 6.07) is 7.70. The zero-order chi connectivity index (χ0) is 11.7. The average Bonchev–Trinajstić information content (AvgIpc) is 2.83. The molecule has 1 unspecified atom stereocenters. The summed E-state index contributed by atoms with van der Waals surface area (Å²) in [5, 5.41) is 6.14. The van der Waals surface area contributed by atoms with Crippen LogP contribution in [-0.2, 0) is 4.79 Å². The summed E-state index contributed by atoms with van der Waals surface area (Å²) in [4.78, 5) is 11.8. The van der Waals surface area contributed by atoms with Gasteiger partial charge in [0.15, 0.2) is 11.5 Å². The van der Waals surface area contributed by atoms with E-state index in [9.17, 15) is 4.79 Å². The Hall–Kier alpha value is -1.81. The Balaban J connectivity index is 1.86. The van der Waals surface area contributed by atoms with Gasteiger partial charge in [0, 0.05) is 6.04 Å². The van der Waals surface area contributed by atoms with Crippen molar-refractivity contribution in [2.24, 2.45) is 0 Å². The molecule has 1 aromatic carbocycles. The molecule has 0 aliphatic carbocycles. The van der Waals surface area contributed by atoms with Crippen molar-refractivity contribution in [1.29, 1.82) is 0 Å². The standard InChI is InChI=1S/C13H14N2O2/c16-13-12(8-9-4-3-7-14-9)17-11-6-2-1-5-10(11)15-13/h1-2,5-6,8-9,14H,3-4,7H2,(H,15,16)/b12-8+. The third kappa shape index (κ3) is 2.03. The Morgan fingerprint density at radius 1 is 1.35 bits per heavy atom. The van der Waals surface area contributed by atoms with Crippen molar-refractivity contribution in [3.63, 3.8) is 0 Å². The number of hydrogen-bond donors (Lipinski definition) is 2. The van der Waals surface area contributed by atoms with Crippen LogP contribution in [0.25, 0.3) is 0 Å². The molecule has 3 rings (SSSR count). The first kappa shape index (κ1) is 10.4. The number of anilines is 1. The van der Waals surface area contributed by atoms with Crippen molar-refractivity contribution >= 4 is 11.6 Å². The molecule has 1 fully saturated rings. The SMILES string of the molecule is O=C1Nc2ccccc2O/C1=C/C1CCCN1. The predicted octanol–water partition coefficient (Wildman–Crippen LogP) is 1.65. The molecule has 4 heteroatoms. The summed E-state index contributed by atoms with van der Waals surface area (Å²) in [6.45, 7) is 1.01. The third-order valence-electron chi connectivity index (χ3n) is 3.03. The van der Waals surface area contributed by atoms with Crippen LogP contribution in [0.4, 0.5) is 5.69 Å². The number of fused-ring (bicyclic) bond motifs is 1. The van der Waals surface area contributed by atoms with E-state index in [1.807, 2.05) is 30.3 Å². The smallest absolute Gasteiger partial charge is 0.291 e. The number of rotatable bonds is 1. The molecule has 1 amide bonds. The fraction of sp³-hybridized carbons (Fsp3) is 0.308. The zero-order valence-corrected chi connectivity index (χ0v) is 9.40. The second-order valence-electron chi connectivity index (χ2n) is 4.29. The predicted molar refractivity (Wildman–Crippen MR) is 64.8 cm³/mol. The summed E-state index contributed by atoms with van der Waals surface area (Å²) < 4.78 is 5.62. The molecule has 0 bridgehead atoms. The van der Waals surface area contributed by atoms with Crippen LogP contribution in [0, 0.1) is 0 Å². The number of ether oxygens (including phenoxy) is 1. The Morgan fingerprint density at radius 3 is 3.06 bits per heavy atom. The molecule has 2 aliphatic rings. The maximum atomic E-state index is 11.8. The largest absolute Gasteiger partial charge is 0.450 e. The van der Waals surface area contributed by atoms with Crippen molar-refractivity contribution in [2.45, 2.75) is 18.9 Å². The Kier molecular flexibility index (Phi) is 2.57. The number of carbonyl (C=O) groups is 1. The summed E-state index contributed by atoms with van der Waals surface area (Å²) in [5.74, 6) is 0.928. The minimum atomic E-state index is -0.169. The zero-order valence-electron chi connectivity index (χ0n) is 9.40.